The van der Waals surface area contributed by atoms with Crippen molar-refractivity contribution in [2.24, 2.45) is 0 Å². The second-order valence-corrected chi connectivity index (χ2v) is 5.85. The fraction of sp³-hybridized carbons (Fsp3) is 0.417. The van der Waals surface area contributed by atoms with E-state index >= 15 is 0 Å². The van der Waals surface area contributed by atoms with E-state index in [4.69, 9.17) is 9.72 Å². The molecule has 1 saturated heterocycles. The van der Waals surface area contributed by atoms with E-state index < -0.39 is 0 Å². The molecule has 17 heavy (non-hydrogen) atoms. The lowest BCUT2D eigenvalue weighted by molar-refractivity contribution is 0.0254. The van der Waals surface area contributed by atoms with Crippen LogP contribution in [0.2, 0.25) is 0 Å². The van der Waals surface area contributed by atoms with Crippen LogP contribution in [0.15, 0.2) is 16.8 Å². The summed E-state index contributed by atoms with van der Waals surface area (Å²) in [5.41, 5.74) is 2.36. The van der Waals surface area contributed by atoms with Crippen molar-refractivity contribution in [2.75, 3.05) is 19.7 Å². The number of aromatic nitrogens is 1. The molecule has 1 unspecified atom stereocenters. The van der Waals surface area contributed by atoms with Gasteiger partial charge in [-0.2, -0.15) is 0 Å². The van der Waals surface area contributed by atoms with Gasteiger partial charge in [-0.25, -0.2) is 4.98 Å². The van der Waals surface area contributed by atoms with Crippen LogP contribution in [0.3, 0.4) is 0 Å². The average Bonchev–Trinajstić information content (AvgIpc) is 2.98. The molecule has 0 aromatic carbocycles. The van der Waals surface area contributed by atoms with Crippen LogP contribution in [-0.4, -0.2) is 24.7 Å². The molecule has 0 spiro atoms. The highest BCUT2D eigenvalue weighted by Gasteiger charge is 2.19. The number of thiazole rings is 1. The van der Waals surface area contributed by atoms with Crippen LogP contribution in [0.5, 0.6) is 0 Å². The molecule has 5 heteroatoms. The molecule has 0 radical (unpaired) electrons. The minimum atomic E-state index is 0.119. The first-order valence-corrected chi connectivity index (χ1v) is 7.43. The van der Waals surface area contributed by atoms with Gasteiger partial charge in [-0.3, -0.25) is 0 Å². The largest absolute Gasteiger partial charge is 0.369 e. The fourth-order valence-electron chi connectivity index (χ4n) is 1.89. The van der Waals surface area contributed by atoms with Gasteiger partial charge in [0.2, 0.25) is 0 Å². The van der Waals surface area contributed by atoms with Crippen LogP contribution in [-0.2, 0) is 4.74 Å². The summed E-state index contributed by atoms with van der Waals surface area (Å²) in [7, 11) is 0. The zero-order chi connectivity index (χ0) is 11.7. The second kappa shape index (κ2) is 4.86. The molecule has 2 aromatic rings. The molecule has 3 heterocycles. The molecule has 0 bridgehead atoms. The van der Waals surface area contributed by atoms with Gasteiger partial charge in [0.15, 0.2) is 0 Å². The highest BCUT2D eigenvalue weighted by atomic mass is 32.1. The monoisotopic (exact) mass is 266 g/mol. The Morgan fingerprint density at radius 2 is 2.41 bits per heavy atom. The molecule has 1 atom stereocenters. The van der Waals surface area contributed by atoms with Gasteiger partial charge in [0.25, 0.3) is 0 Å². The molecular weight excluding hydrogens is 252 g/mol. The summed E-state index contributed by atoms with van der Waals surface area (Å²) < 4.78 is 5.71. The molecule has 0 amide bonds. The maximum Gasteiger partial charge on any atom is 0.134 e. The standard InChI is InChI=1S/C12H14N2OS2/c1-8-2-5-16-11(8)12-14-9(7-17-12)10-6-13-3-4-15-10/h2,5,7,10,13H,3-4,6H2,1H3. The van der Waals surface area contributed by atoms with Crippen LogP contribution >= 0.6 is 22.7 Å². The molecule has 2 aromatic heterocycles. The minimum absolute atomic E-state index is 0.119. The molecule has 1 fully saturated rings. The molecule has 1 N–H and O–H groups in total. The Bertz CT molecular complexity index is 500. The van der Waals surface area contributed by atoms with E-state index in [1.807, 2.05) is 0 Å². The molecule has 3 rings (SSSR count). The van der Waals surface area contributed by atoms with Gasteiger partial charge < -0.3 is 10.1 Å². The summed E-state index contributed by atoms with van der Waals surface area (Å²) in [4.78, 5) is 5.98. The van der Waals surface area contributed by atoms with Crippen molar-refractivity contribution in [3.8, 4) is 9.88 Å². The predicted molar refractivity (Wildman–Crippen MR) is 71.7 cm³/mol. The number of thiophene rings is 1. The number of hydrogen-bond donors (Lipinski definition) is 1. The Balaban J connectivity index is 1.85. The van der Waals surface area contributed by atoms with Gasteiger partial charge in [-0.15, -0.1) is 22.7 Å². The summed E-state index contributed by atoms with van der Waals surface area (Å²) in [6.45, 7) is 4.71. The van der Waals surface area contributed by atoms with E-state index in [1.165, 1.54) is 10.4 Å². The maximum atomic E-state index is 5.71. The first kappa shape index (κ1) is 11.3. The van der Waals surface area contributed by atoms with Crippen molar-refractivity contribution in [2.45, 2.75) is 13.0 Å². The lowest BCUT2D eigenvalue weighted by Crippen LogP contribution is -2.33. The summed E-state index contributed by atoms with van der Waals surface area (Å²) in [6, 6.07) is 2.14. The molecule has 0 saturated carbocycles. The first-order valence-electron chi connectivity index (χ1n) is 5.67. The van der Waals surface area contributed by atoms with Crippen LogP contribution in [0.4, 0.5) is 0 Å². The molecule has 1 aliphatic heterocycles. The zero-order valence-electron chi connectivity index (χ0n) is 9.60. The van der Waals surface area contributed by atoms with Crippen LogP contribution in [0, 0.1) is 6.92 Å². The third-order valence-corrected chi connectivity index (χ3v) is 4.87. The number of nitrogens with one attached hydrogen (secondary N) is 1. The van der Waals surface area contributed by atoms with Crippen LogP contribution in [0.1, 0.15) is 17.4 Å². The number of nitrogens with zero attached hydrogens (tertiary/aromatic N) is 1. The average molecular weight is 266 g/mol. The third kappa shape index (κ3) is 2.28. The van der Waals surface area contributed by atoms with E-state index in [9.17, 15) is 0 Å². The Morgan fingerprint density at radius 3 is 3.12 bits per heavy atom. The number of hydrogen-bond acceptors (Lipinski definition) is 5. The van der Waals surface area contributed by atoms with Crippen molar-refractivity contribution in [1.82, 2.24) is 10.3 Å². The SMILES string of the molecule is Cc1ccsc1-c1nc(C2CNCCO2)cs1. The lowest BCUT2D eigenvalue weighted by atomic mass is 10.2. The van der Waals surface area contributed by atoms with E-state index in [2.05, 4.69) is 29.1 Å². The number of ether oxygens (including phenoxy) is 1. The summed E-state index contributed by atoms with van der Waals surface area (Å²) in [5.74, 6) is 0. The molecule has 1 aliphatic rings. The summed E-state index contributed by atoms with van der Waals surface area (Å²) >= 11 is 3.46. The zero-order valence-corrected chi connectivity index (χ0v) is 11.2. The van der Waals surface area contributed by atoms with E-state index in [-0.39, 0.29) is 6.10 Å². The fourth-order valence-corrected chi connectivity index (χ4v) is 3.85. The van der Waals surface area contributed by atoms with Crippen molar-refractivity contribution >= 4 is 22.7 Å². The minimum Gasteiger partial charge on any atom is -0.369 e. The van der Waals surface area contributed by atoms with Crippen molar-refractivity contribution in [3.63, 3.8) is 0 Å². The molecule has 3 nitrogen and oxygen atoms in total. The first-order chi connectivity index (χ1) is 8.34. The Hall–Kier alpha value is -0.750. The molecule has 90 valence electrons. The van der Waals surface area contributed by atoms with Crippen LogP contribution in [0.25, 0.3) is 9.88 Å². The van der Waals surface area contributed by atoms with Crippen molar-refractivity contribution in [1.29, 1.82) is 0 Å². The van der Waals surface area contributed by atoms with E-state index in [0.29, 0.717) is 0 Å². The van der Waals surface area contributed by atoms with Crippen LogP contribution < -0.4 is 5.32 Å². The Morgan fingerprint density at radius 1 is 1.47 bits per heavy atom. The predicted octanol–water partition coefficient (Wildman–Crippen LogP) is 2.84. The summed E-state index contributed by atoms with van der Waals surface area (Å²) in [5, 5.41) is 8.68. The Labute approximate surface area is 108 Å². The smallest absolute Gasteiger partial charge is 0.134 e. The molecular formula is C12H14N2OS2. The van der Waals surface area contributed by atoms with Gasteiger partial charge in [0.1, 0.15) is 11.1 Å². The molecule has 0 aliphatic carbocycles. The van der Waals surface area contributed by atoms with Crippen molar-refractivity contribution < 1.29 is 4.74 Å². The third-order valence-electron chi connectivity index (χ3n) is 2.84. The Kier molecular flexibility index (Phi) is 3.24. The van der Waals surface area contributed by atoms with Gasteiger partial charge in [0, 0.05) is 18.5 Å². The van der Waals surface area contributed by atoms with Crippen molar-refractivity contribution in [3.05, 3.63) is 28.1 Å². The van der Waals surface area contributed by atoms with E-state index in [0.717, 1.165) is 30.4 Å². The maximum absolute atomic E-state index is 5.71. The normalized spacial score (nSPS) is 20.6. The highest BCUT2D eigenvalue weighted by Crippen LogP contribution is 2.33. The lowest BCUT2D eigenvalue weighted by Gasteiger charge is -2.21. The summed E-state index contributed by atoms with van der Waals surface area (Å²) in [6.07, 6.45) is 0.119. The second-order valence-electron chi connectivity index (χ2n) is 4.07. The number of aryl methyl sites for hydroxylation is 1. The van der Waals surface area contributed by atoms with E-state index in [1.54, 1.807) is 22.7 Å². The highest BCUT2D eigenvalue weighted by molar-refractivity contribution is 7.20. The van der Waals surface area contributed by atoms with Gasteiger partial charge in [-0.1, -0.05) is 0 Å². The number of rotatable bonds is 2. The van der Waals surface area contributed by atoms with Gasteiger partial charge >= 0.3 is 0 Å². The van der Waals surface area contributed by atoms with Gasteiger partial charge in [-0.05, 0) is 23.9 Å². The number of morpholine rings is 1. The quantitative estimate of drug-likeness (QED) is 0.907. The topological polar surface area (TPSA) is 34.2 Å². The van der Waals surface area contributed by atoms with Gasteiger partial charge in [0.05, 0.1) is 17.2 Å².